The van der Waals surface area contributed by atoms with Crippen LogP contribution in [-0.4, -0.2) is 47.8 Å². The van der Waals surface area contributed by atoms with E-state index in [-0.39, 0.29) is 5.92 Å². The molecule has 2 heterocycles. The van der Waals surface area contributed by atoms with E-state index in [4.69, 9.17) is 9.84 Å². The molecule has 7 nitrogen and oxygen atoms in total. The zero-order valence-electron chi connectivity index (χ0n) is 14.9. The Labute approximate surface area is 153 Å². The minimum Gasteiger partial charge on any atom is -0.497 e. The average Bonchev–Trinajstić information content (AvgIpc) is 2.69. The summed E-state index contributed by atoms with van der Waals surface area (Å²) in [5.41, 5.74) is 1.23. The molecule has 0 spiro atoms. The lowest BCUT2D eigenvalue weighted by atomic mass is 9.97. The molecule has 7 heteroatoms. The first-order valence-corrected chi connectivity index (χ1v) is 8.82. The number of carboxylic acids is 1. The normalized spacial score (nSPS) is 14.9. The minimum absolute atomic E-state index is 0.241. The SMILES string of the molecule is COc1ccc(CCNc2cc(N3CCC(C(=O)O)CC3)ncn2)cc1. The predicted molar refractivity (Wildman–Crippen MR) is 99.8 cm³/mol. The molecule has 1 aliphatic rings. The van der Waals surface area contributed by atoms with Crippen molar-refractivity contribution in [3.63, 3.8) is 0 Å². The zero-order chi connectivity index (χ0) is 18.4. The van der Waals surface area contributed by atoms with Gasteiger partial charge in [0.15, 0.2) is 0 Å². The van der Waals surface area contributed by atoms with Gasteiger partial charge in [-0.2, -0.15) is 0 Å². The van der Waals surface area contributed by atoms with Gasteiger partial charge in [0.25, 0.3) is 0 Å². The Morgan fingerprint density at radius 2 is 2.00 bits per heavy atom. The van der Waals surface area contributed by atoms with E-state index < -0.39 is 5.97 Å². The second kappa shape index (κ2) is 8.51. The molecule has 0 aliphatic carbocycles. The molecular weight excluding hydrogens is 332 g/mol. The van der Waals surface area contributed by atoms with Crippen molar-refractivity contribution in [1.29, 1.82) is 0 Å². The van der Waals surface area contributed by atoms with Gasteiger partial charge < -0.3 is 20.1 Å². The molecule has 138 valence electrons. The maximum absolute atomic E-state index is 11.1. The van der Waals surface area contributed by atoms with Crippen LogP contribution in [0.25, 0.3) is 0 Å². The molecule has 0 saturated carbocycles. The van der Waals surface area contributed by atoms with Crippen LogP contribution in [0.4, 0.5) is 11.6 Å². The third kappa shape index (κ3) is 4.62. The Balaban J connectivity index is 1.51. The Kier molecular flexibility index (Phi) is 5.88. The molecule has 0 unspecified atom stereocenters. The lowest BCUT2D eigenvalue weighted by Gasteiger charge is -2.31. The first-order chi connectivity index (χ1) is 12.7. The lowest BCUT2D eigenvalue weighted by Crippen LogP contribution is -2.36. The number of rotatable bonds is 7. The summed E-state index contributed by atoms with van der Waals surface area (Å²) >= 11 is 0. The van der Waals surface area contributed by atoms with Crippen molar-refractivity contribution in [2.24, 2.45) is 5.92 Å². The van der Waals surface area contributed by atoms with Gasteiger partial charge in [-0.05, 0) is 37.0 Å². The number of aliphatic carboxylic acids is 1. The predicted octanol–water partition coefficient (Wildman–Crippen LogP) is 2.44. The first kappa shape index (κ1) is 18.0. The number of piperidine rings is 1. The Morgan fingerprint density at radius 1 is 1.27 bits per heavy atom. The molecule has 0 amide bonds. The highest BCUT2D eigenvalue weighted by Crippen LogP contribution is 2.23. The standard InChI is InChI=1S/C19H24N4O3/c1-26-16-4-2-14(3-5-16)6-9-20-17-12-18(22-13-21-17)23-10-7-15(8-11-23)19(24)25/h2-5,12-13,15H,6-11H2,1H3,(H,24,25)(H,20,21,22). The summed E-state index contributed by atoms with van der Waals surface area (Å²) in [7, 11) is 1.66. The second-order valence-corrected chi connectivity index (χ2v) is 6.39. The number of aromatic nitrogens is 2. The molecule has 2 N–H and O–H groups in total. The summed E-state index contributed by atoms with van der Waals surface area (Å²) in [4.78, 5) is 21.8. The summed E-state index contributed by atoms with van der Waals surface area (Å²) in [6, 6.07) is 9.95. The van der Waals surface area contributed by atoms with E-state index in [2.05, 4.69) is 32.3 Å². The number of benzene rings is 1. The van der Waals surface area contributed by atoms with Crippen LogP contribution >= 0.6 is 0 Å². The zero-order valence-corrected chi connectivity index (χ0v) is 14.9. The molecule has 2 aromatic rings. The third-order valence-electron chi connectivity index (χ3n) is 4.70. The minimum atomic E-state index is -0.701. The molecule has 1 aromatic heterocycles. The Hall–Kier alpha value is -2.83. The van der Waals surface area contributed by atoms with Crippen molar-refractivity contribution < 1.29 is 14.6 Å². The molecule has 3 rings (SSSR count). The van der Waals surface area contributed by atoms with E-state index in [1.807, 2.05) is 18.2 Å². The first-order valence-electron chi connectivity index (χ1n) is 8.82. The number of anilines is 2. The molecule has 1 fully saturated rings. The number of ether oxygens (including phenoxy) is 1. The fourth-order valence-corrected chi connectivity index (χ4v) is 3.10. The quantitative estimate of drug-likeness (QED) is 0.788. The molecule has 0 atom stereocenters. The molecule has 1 aliphatic heterocycles. The molecular formula is C19H24N4O3. The van der Waals surface area contributed by atoms with Gasteiger partial charge in [0.2, 0.25) is 0 Å². The van der Waals surface area contributed by atoms with E-state index >= 15 is 0 Å². The Bertz CT molecular complexity index is 728. The van der Waals surface area contributed by atoms with Gasteiger partial charge in [-0.15, -0.1) is 0 Å². The van der Waals surface area contributed by atoms with Crippen molar-refractivity contribution in [3.8, 4) is 5.75 Å². The van der Waals surface area contributed by atoms with E-state index in [9.17, 15) is 4.79 Å². The van der Waals surface area contributed by atoms with Gasteiger partial charge in [-0.1, -0.05) is 12.1 Å². The lowest BCUT2D eigenvalue weighted by molar-refractivity contribution is -0.142. The maximum Gasteiger partial charge on any atom is 0.306 e. The van der Waals surface area contributed by atoms with Crippen LogP contribution in [0.15, 0.2) is 36.7 Å². The van der Waals surface area contributed by atoms with Crippen molar-refractivity contribution >= 4 is 17.6 Å². The van der Waals surface area contributed by atoms with Crippen molar-refractivity contribution in [1.82, 2.24) is 9.97 Å². The topological polar surface area (TPSA) is 87.6 Å². The monoisotopic (exact) mass is 356 g/mol. The highest BCUT2D eigenvalue weighted by molar-refractivity contribution is 5.70. The van der Waals surface area contributed by atoms with Crippen molar-refractivity contribution in [3.05, 3.63) is 42.2 Å². The highest BCUT2D eigenvalue weighted by Gasteiger charge is 2.25. The van der Waals surface area contributed by atoms with Crippen LogP contribution in [0.1, 0.15) is 18.4 Å². The number of carbonyl (C=O) groups is 1. The maximum atomic E-state index is 11.1. The third-order valence-corrected chi connectivity index (χ3v) is 4.70. The van der Waals surface area contributed by atoms with E-state index in [1.54, 1.807) is 13.4 Å². The van der Waals surface area contributed by atoms with Crippen molar-refractivity contribution in [2.75, 3.05) is 37.0 Å². The van der Waals surface area contributed by atoms with Gasteiger partial charge in [-0.3, -0.25) is 4.79 Å². The highest BCUT2D eigenvalue weighted by atomic mass is 16.5. The summed E-state index contributed by atoms with van der Waals surface area (Å²) in [6.07, 6.45) is 3.74. The van der Waals surface area contributed by atoms with Crippen LogP contribution in [0.5, 0.6) is 5.75 Å². The number of nitrogens with one attached hydrogen (secondary N) is 1. The smallest absolute Gasteiger partial charge is 0.306 e. The fraction of sp³-hybridized carbons (Fsp3) is 0.421. The van der Waals surface area contributed by atoms with Gasteiger partial charge in [0, 0.05) is 25.7 Å². The summed E-state index contributed by atoms with van der Waals surface area (Å²) in [5.74, 6) is 1.54. The van der Waals surface area contributed by atoms with Crippen LogP contribution in [-0.2, 0) is 11.2 Å². The molecule has 1 aromatic carbocycles. The van der Waals surface area contributed by atoms with Gasteiger partial charge in [-0.25, -0.2) is 9.97 Å². The number of hydrogen-bond donors (Lipinski definition) is 2. The summed E-state index contributed by atoms with van der Waals surface area (Å²) in [6.45, 7) is 2.18. The number of hydrogen-bond acceptors (Lipinski definition) is 6. The molecule has 0 radical (unpaired) electrons. The number of nitrogens with zero attached hydrogens (tertiary/aromatic N) is 3. The van der Waals surface area contributed by atoms with Gasteiger partial charge >= 0.3 is 5.97 Å². The summed E-state index contributed by atoms with van der Waals surface area (Å²) in [5, 5.41) is 12.4. The average molecular weight is 356 g/mol. The van der Waals surface area contributed by atoms with Crippen LogP contribution in [0, 0.1) is 5.92 Å². The largest absolute Gasteiger partial charge is 0.497 e. The number of carboxylic acid groups (broad SMARTS) is 1. The van der Waals surface area contributed by atoms with Crippen molar-refractivity contribution in [2.45, 2.75) is 19.3 Å². The molecule has 1 saturated heterocycles. The second-order valence-electron chi connectivity index (χ2n) is 6.39. The van der Waals surface area contributed by atoms with Crippen LogP contribution < -0.4 is 15.0 Å². The van der Waals surface area contributed by atoms with E-state index in [0.717, 1.165) is 30.4 Å². The van der Waals surface area contributed by atoms with Crippen LogP contribution in [0.2, 0.25) is 0 Å². The fourth-order valence-electron chi connectivity index (χ4n) is 3.10. The van der Waals surface area contributed by atoms with E-state index in [1.165, 1.54) is 5.56 Å². The van der Waals surface area contributed by atoms with Crippen LogP contribution in [0.3, 0.4) is 0 Å². The molecule has 26 heavy (non-hydrogen) atoms. The molecule has 0 bridgehead atoms. The number of methoxy groups -OCH3 is 1. The van der Waals surface area contributed by atoms with Gasteiger partial charge in [0.1, 0.15) is 23.7 Å². The van der Waals surface area contributed by atoms with Gasteiger partial charge in [0.05, 0.1) is 13.0 Å². The summed E-state index contributed by atoms with van der Waals surface area (Å²) < 4.78 is 5.16. The van der Waals surface area contributed by atoms with E-state index in [0.29, 0.717) is 25.9 Å². The Morgan fingerprint density at radius 3 is 2.65 bits per heavy atom.